The van der Waals surface area contributed by atoms with Crippen LogP contribution in [0.1, 0.15) is 51.6 Å². The number of hydrogen-bond acceptors (Lipinski definition) is 2. The quantitative estimate of drug-likeness (QED) is 0.668. The Morgan fingerprint density at radius 1 is 1.20 bits per heavy atom. The van der Waals surface area contributed by atoms with Gasteiger partial charge in [0.2, 0.25) is 0 Å². The summed E-state index contributed by atoms with van der Waals surface area (Å²) in [6, 6.07) is 9.12. The van der Waals surface area contributed by atoms with Gasteiger partial charge in [0.1, 0.15) is 0 Å². The van der Waals surface area contributed by atoms with Crippen LogP contribution in [0.2, 0.25) is 0 Å². The first kappa shape index (κ1) is 17.7. The van der Waals surface area contributed by atoms with Crippen molar-refractivity contribution < 1.29 is 0 Å². The lowest BCUT2D eigenvalue weighted by Gasteiger charge is -2.24. The van der Waals surface area contributed by atoms with E-state index < -0.39 is 0 Å². The lowest BCUT2D eigenvalue weighted by Crippen LogP contribution is -2.30. The molecule has 1 unspecified atom stereocenters. The van der Waals surface area contributed by atoms with Gasteiger partial charge in [0.05, 0.1) is 0 Å². The van der Waals surface area contributed by atoms with E-state index in [1.54, 1.807) is 0 Å². The van der Waals surface area contributed by atoms with Crippen LogP contribution in [0.3, 0.4) is 0 Å². The Morgan fingerprint density at radius 3 is 2.60 bits per heavy atom. The van der Waals surface area contributed by atoms with E-state index in [4.69, 9.17) is 0 Å². The highest BCUT2D eigenvalue weighted by molar-refractivity contribution is 9.10. The van der Waals surface area contributed by atoms with E-state index >= 15 is 0 Å². The Labute approximate surface area is 133 Å². The Balaban J connectivity index is 2.58. The van der Waals surface area contributed by atoms with Crippen molar-refractivity contribution in [3.8, 4) is 0 Å². The van der Waals surface area contributed by atoms with Crippen LogP contribution < -0.4 is 5.32 Å². The monoisotopic (exact) mass is 340 g/mol. The maximum absolute atomic E-state index is 3.61. The van der Waals surface area contributed by atoms with E-state index in [0.29, 0.717) is 6.04 Å². The van der Waals surface area contributed by atoms with E-state index in [-0.39, 0.29) is 0 Å². The predicted octanol–water partition coefficient (Wildman–Crippen LogP) is 4.61. The van der Waals surface area contributed by atoms with Gasteiger partial charge in [0.15, 0.2) is 0 Å². The molecule has 20 heavy (non-hydrogen) atoms. The second kappa shape index (κ2) is 10.4. The summed E-state index contributed by atoms with van der Waals surface area (Å²) in [5.41, 5.74) is 1.38. The van der Waals surface area contributed by atoms with Gasteiger partial charge in [-0.15, -0.1) is 0 Å². The van der Waals surface area contributed by atoms with Gasteiger partial charge in [-0.2, -0.15) is 0 Å². The van der Waals surface area contributed by atoms with Crippen molar-refractivity contribution in [1.82, 2.24) is 10.2 Å². The average Bonchev–Trinajstić information content (AvgIpc) is 2.46. The third-order valence-electron chi connectivity index (χ3n) is 3.71. The molecular formula is C17H29BrN2. The smallest absolute Gasteiger partial charge is 0.0332 e. The van der Waals surface area contributed by atoms with Crippen molar-refractivity contribution in [1.29, 1.82) is 0 Å². The van der Waals surface area contributed by atoms with Crippen LogP contribution in [0, 0.1) is 0 Å². The molecule has 0 bridgehead atoms. The summed E-state index contributed by atoms with van der Waals surface area (Å²) in [5.74, 6) is 0. The third-order valence-corrected chi connectivity index (χ3v) is 4.20. The first-order valence-electron chi connectivity index (χ1n) is 7.92. The second-order valence-electron chi connectivity index (χ2n) is 5.24. The van der Waals surface area contributed by atoms with Crippen molar-refractivity contribution in [2.24, 2.45) is 0 Å². The minimum absolute atomic E-state index is 0.452. The first-order valence-corrected chi connectivity index (χ1v) is 8.71. The van der Waals surface area contributed by atoms with Crippen molar-refractivity contribution in [3.63, 3.8) is 0 Å². The highest BCUT2D eigenvalue weighted by atomic mass is 79.9. The summed E-state index contributed by atoms with van der Waals surface area (Å²) in [7, 11) is 0. The fourth-order valence-corrected chi connectivity index (χ4v) is 2.89. The zero-order chi connectivity index (χ0) is 14.8. The molecule has 0 radical (unpaired) electrons. The molecule has 0 amide bonds. The third kappa shape index (κ3) is 6.38. The molecule has 0 fully saturated rings. The Hall–Kier alpha value is -0.380. The molecule has 0 aliphatic heterocycles. The highest BCUT2D eigenvalue weighted by Crippen LogP contribution is 2.21. The molecule has 1 N–H and O–H groups in total. The number of benzene rings is 1. The Bertz CT molecular complexity index is 368. The summed E-state index contributed by atoms with van der Waals surface area (Å²) in [4.78, 5) is 2.56. The van der Waals surface area contributed by atoms with Crippen LogP contribution >= 0.6 is 15.9 Å². The molecular weight excluding hydrogens is 312 g/mol. The standard InChI is InChI=1S/C17H29BrN2/c1-4-7-12-20(6-3)13-11-17(19-5-2)15-9-8-10-16(18)14-15/h8-10,14,17,19H,4-7,11-13H2,1-3H3. The maximum Gasteiger partial charge on any atom is 0.0332 e. The van der Waals surface area contributed by atoms with E-state index in [1.165, 1.54) is 37.9 Å². The topological polar surface area (TPSA) is 15.3 Å². The number of halogens is 1. The minimum Gasteiger partial charge on any atom is -0.310 e. The minimum atomic E-state index is 0.452. The van der Waals surface area contributed by atoms with Crippen LogP contribution in [-0.2, 0) is 0 Å². The van der Waals surface area contributed by atoms with Gasteiger partial charge in [0, 0.05) is 10.5 Å². The fraction of sp³-hybridized carbons (Fsp3) is 0.647. The zero-order valence-corrected chi connectivity index (χ0v) is 14.7. The highest BCUT2D eigenvalue weighted by Gasteiger charge is 2.12. The molecule has 1 atom stereocenters. The summed E-state index contributed by atoms with van der Waals surface area (Å²) in [5, 5.41) is 3.61. The number of nitrogens with one attached hydrogen (secondary N) is 1. The van der Waals surface area contributed by atoms with Crippen LogP contribution in [0.4, 0.5) is 0 Å². The molecule has 2 nitrogen and oxygen atoms in total. The summed E-state index contributed by atoms with van der Waals surface area (Å²) >= 11 is 3.57. The molecule has 1 aromatic rings. The molecule has 0 aliphatic rings. The van der Waals surface area contributed by atoms with E-state index in [2.05, 4.69) is 71.2 Å². The normalized spacial score (nSPS) is 12.8. The molecule has 114 valence electrons. The SMILES string of the molecule is CCCCN(CC)CCC(NCC)c1cccc(Br)c1. The first-order chi connectivity index (χ1) is 9.71. The molecule has 1 aromatic carbocycles. The van der Waals surface area contributed by atoms with Crippen LogP contribution in [-0.4, -0.2) is 31.1 Å². The zero-order valence-electron chi connectivity index (χ0n) is 13.2. The van der Waals surface area contributed by atoms with Gasteiger partial charge in [-0.1, -0.05) is 55.3 Å². The van der Waals surface area contributed by atoms with Crippen molar-refractivity contribution in [2.45, 2.75) is 46.1 Å². The average molecular weight is 341 g/mol. The second-order valence-corrected chi connectivity index (χ2v) is 6.16. The number of hydrogen-bond donors (Lipinski definition) is 1. The van der Waals surface area contributed by atoms with Crippen LogP contribution in [0.15, 0.2) is 28.7 Å². The van der Waals surface area contributed by atoms with Crippen LogP contribution in [0.25, 0.3) is 0 Å². The van der Waals surface area contributed by atoms with E-state index in [0.717, 1.165) is 17.6 Å². The lowest BCUT2D eigenvalue weighted by molar-refractivity contribution is 0.265. The number of unbranched alkanes of at least 4 members (excludes halogenated alkanes) is 1. The molecule has 1 rings (SSSR count). The summed E-state index contributed by atoms with van der Waals surface area (Å²) in [6.45, 7) is 11.3. The lowest BCUT2D eigenvalue weighted by atomic mass is 10.0. The van der Waals surface area contributed by atoms with E-state index in [9.17, 15) is 0 Å². The predicted molar refractivity (Wildman–Crippen MR) is 92.2 cm³/mol. The van der Waals surface area contributed by atoms with Crippen molar-refractivity contribution in [2.75, 3.05) is 26.2 Å². The van der Waals surface area contributed by atoms with Crippen molar-refractivity contribution in [3.05, 3.63) is 34.3 Å². The van der Waals surface area contributed by atoms with E-state index in [1.807, 2.05) is 0 Å². The molecule has 3 heteroatoms. The molecule has 0 saturated heterocycles. The molecule has 0 aromatic heterocycles. The molecule has 0 heterocycles. The maximum atomic E-state index is 3.61. The van der Waals surface area contributed by atoms with Gasteiger partial charge in [-0.05, 0) is 56.7 Å². The van der Waals surface area contributed by atoms with Gasteiger partial charge in [-0.25, -0.2) is 0 Å². The van der Waals surface area contributed by atoms with Gasteiger partial charge < -0.3 is 10.2 Å². The molecule has 0 saturated carbocycles. The summed E-state index contributed by atoms with van der Waals surface area (Å²) in [6.07, 6.45) is 3.75. The fourth-order valence-electron chi connectivity index (χ4n) is 2.48. The molecule has 0 aliphatic carbocycles. The van der Waals surface area contributed by atoms with Gasteiger partial charge in [-0.3, -0.25) is 0 Å². The number of nitrogens with zero attached hydrogens (tertiary/aromatic N) is 1. The molecule has 0 spiro atoms. The summed E-state index contributed by atoms with van der Waals surface area (Å²) < 4.78 is 1.16. The van der Waals surface area contributed by atoms with Gasteiger partial charge in [0.25, 0.3) is 0 Å². The van der Waals surface area contributed by atoms with Crippen molar-refractivity contribution >= 4 is 15.9 Å². The Morgan fingerprint density at radius 2 is 2.00 bits per heavy atom. The Kier molecular flexibility index (Phi) is 9.16. The number of rotatable bonds is 10. The largest absolute Gasteiger partial charge is 0.310 e. The van der Waals surface area contributed by atoms with Crippen LogP contribution in [0.5, 0.6) is 0 Å². The van der Waals surface area contributed by atoms with Gasteiger partial charge >= 0.3 is 0 Å².